The number of carbonyl (C=O) groups excluding carboxylic acids is 1. The number of hydrogen-bond donors (Lipinski definition) is 1. The van der Waals surface area contributed by atoms with Crippen LogP contribution in [0, 0.1) is 10.1 Å². The Morgan fingerprint density at radius 2 is 2.05 bits per heavy atom. The average Bonchev–Trinajstić information content (AvgIpc) is 2.36. The molecule has 0 aliphatic rings. The van der Waals surface area contributed by atoms with E-state index in [4.69, 9.17) is 16.7 Å². The third-order valence-electron chi connectivity index (χ3n) is 2.93. The van der Waals surface area contributed by atoms with E-state index in [-0.39, 0.29) is 10.7 Å². The zero-order valence-electron chi connectivity index (χ0n) is 11.0. The summed E-state index contributed by atoms with van der Waals surface area (Å²) in [7, 11) is 1.27. The molecular formula is C11H12ClN3O5. The lowest BCUT2D eigenvalue weighted by atomic mass is 10.0. The summed E-state index contributed by atoms with van der Waals surface area (Å²) in [4.78, 5) is 37.8. The third-order valence-corrected chi connectivity index (χ3v) is 3.23. The SMILES string of the molecule is CN(C(=O)c1cc([N+](=O)[O-])cnc1Cl)C(C)(C)C(=O)O. The average molecular weight is 302 g/mol. The molecule has 1 N–H and O–H groups in total. The molecule has 0 aliphatic carbocycles. The molecule has 0 radical (unpaired) electrons. The van der Waals surface area contributed by atoms with E-state index in [2.05, 4.69) is 4.98 Å². The van der Waals surface area contributed by atoms with E-state index in [9.17, 15) is 19.7 Å². The van der Waals surface area contributed by atoms with E-state index in [1.54, 1.807) is 0 Å². The highest BCUT2D eigenvalue weighted by Gasteiger charge is 2.36. The van der Waals surface area contributed by atoms with Crippen LogP contribution in [-0.2, 0) is 4.79 Å². The number of carboxylic acids is 1. The second-order valence-electron chi connectivity index (χ2n) is 4.52. The minimum absolute atomic E-state index is 0.224. The number of halogens is 1. The summed E-state index contributed by atoms with van der Waals surface area (Å²) < 4.78 is 0. The monoisotopic (exact) mass is 301 g/mol. The summed E-state index contributed by atoms with van der Waals surface area (Å²) >= 11 is 5.74. The lowest BCUT2D eigenvalue weighted by molar-refractivity contribution is -0.385. The number of nitro groups is 1. The molecule has 0 aromatic carbocycles. The molecule has 0 saturated carbocycles. The van der Waals surface area contributed by atoms with Crippen LogP contribution in [-0.4, -0.2) is 44.4 Å². The van der Waals surface area contributed by atoms with Gasteiger partial charge < -0.3 is 10.0 Å². The molecule has 1 rings (SSSR count). The van der Waals surface area contributed by atoms with Crippen molar-refractivity contribution in [2.45, 2.75) is 19.4 Å². The lowest BCUT2D eigenvalue weighted by Gasteiger charge is -2.31. The van der Waals surface area contributed by atoms with Gasteiger partial charge in [-0.3, -0.25) is 14.9 Å². The van der Waals surface area contributed by atoms with Crippen molar-refractivity contribution in [2.75, 3.05) is 7.05 Å². The van der Waals surface area contributed by atoms with Crippen molar-refractivity contribution in [3.05, 3.63) is 33.1 Å². The van der Waals surface area contributed by atoms with Crippen LogP contribution < -0.4 is 0 Å². The van der Waals surface area contributed by atoms with Crippen molar-refractivity contribution in [1.29, 1.82) is 0 Å². The predicted octanol–water partition coefficient (Wildman–Crippen LogP) is 1.58. The first-order valence-electron chi connectivity index (χ1n) is 5.40. The summed E-state index contributed by atoms with van der Waals surface area (Å²) in [5.74, 6) is -1.98. The molecule has 8 nitrogen and oxygen atoms in total. The van der Waals surface area contributed by atoms with E-state index in [1.165, 1.54) is 20.9 Å². The van der Waals surface area contributed by atoms with Gasteiger partial charge in [0, 0.05) is 13.1 Å². The number of likely N-dealkylation sites (N-methyl/N-ethyl adjacent to an activating group) is 1. The van der Waals surface area contributed by atoms with Crippen LogP contribution in [0.5, 0.6) is 0 Å². The fourth-order valence-corrected chi connectivity index (χ4v) is 1.45. The second-order valence-corrected chi connectivity index (χ2v) is 4.88. The number of aromatic nitrogens is 1. The molecule has 108 valence electrons. The maximum Gasteiger partial charge on any atom is 0.329 e. The number of aliphatic carboxylic acids is 1. The lowest BCUT2D eigenvalue weighted by Crippen LogP contribution is -2.50. The van der Waals surface area contributed by atoms with Crippen molar-refractivity contribution in [1.82, 2.24) is 9.88 Å². The summed E-state index contributed by atoms with van der Waals surface area (Å²) in [5.41, 5.74) is -2.12. The van der Waals surface area contributed by atoms with E-state index in [0.29, 0.717) is 0 Å². The number of hydrogen-bond acceptors (Lipinski definition) is 5. The van der Waals surface area contributed by atoms with Gasteiger partial charge in [-0.25, -0.2) is 9.78 Å². The van der Waals surface area contributed by atoms with Crippen LogP contribution in [0.1, 0.15) is 24.2 Å². The summed E-state index contributed by atoms with van der Waals surface area (Å²) in [6.07, 6.45) is 0.918. The molecule has 0 saturated heterocycles. The van der Waals surface area contributed by atoms with Gasteiger partial charge in [0.15, 0.2) is 0 Å². The number of nitrogens with zero attached hydrogens (tertiary/aromatic N) is 3. The summed E-state index contributed by atoms with van der Waals surface area (Å²) in [6, 6.07) is 0.964. The number of carbonyl (C=O) groups is 2. The molecule has 1 aromatic rings. The largest absolute Gasteiger partial charge is 0.480 e. The summed E-state index contributed by atoms with van der Waals surface area (Å²) in [6.45, 7) is 2.65. The standard InChI is InChI=1S/C11H12ClN3O5/c1-11(2,10(17)18)14(3)9(16)7-4-6(15(19)20)5-13-8(7)12/h4-5H,1-3H3,(H,17,18). The first-order valence-corrected chi connectivity index (χ1v) is 5.78. The zero-order valence-corrected chi connectivity index (χ0v) is 11.7. The predicted molar refractivity (Wildman–Crippen MR) is 69.7 cm³/mol. The topological polar surface area (TPSA) is 114 Å². The maximum absolute atomic E-state index is 12.2. The first-order chi connectivity index (χ1) is 9.09. The van der Waals surface area contributed by atoms with Crippen LogP contribution in [0.3, 0.4) is 0 Å². The molecule has 0 fully saturated rings. The van der Waals surface area contributed by atoms with Crippen LogP contribution in [0.15, 0.2) is 12.3 Å². The molecule has 20 heavy (non-hydrogen) atoms. The van der Waals surface area contributed by atoms with Gasteiger partial charge in [-0.15, -0.1) is 0 Å². The first kappa shape index (κ1) is 15.8. The van der Waals surface area contributed by atoms with Gasteiger partial charge >= 0.3 is 5.97 Å². The molecule has 9 heteroatoms. The van der Waals surface area contributed by atoms with E-state index < -0.39 is 28.0 Å². The molecule has 0 aliphatic heterocycles. The van der Waals surface area contributed by atoms with Crippen molar-refractivity contribution < 1.29 is 19.6 Å². The number of carboxylic acid groups (broad SMARTS) is 1. The Kier molecular flexibility index (Phi) is 4.29. The normalized spacial score (nSPS) is 11.0. The number of amides is 1. The van der Waals surface area contributed by atoms with Crippen molar-refractivity contribution in [3.8, 4) is 0 Å². The highest BCUT2D eigenvalue weighted by Crippen LogP contribution is 2.23. The molecule has 0 spiro atoms. The van der Waals surface area contributed by atoms with Crippen LogP contribution >= 0.6 is 11.6 Å². The third kappa shape index (κ3) is 2.85. The Morgan fingerprint density at radius 3 is 2.50 bits per heavy atom. The Balaban J connectivity index is 3.24. The van der Waals surface area contributed by atoms with Crippen LogP contribution in [0.2, 0.25) is 5.15 Å². The zero-order chi connectivity index (χ0) is 15.7. The van der Waals surface area contributed by atoms with E-state index in [1.807, 2.05) is 0 Å². The van der Waals surface area contributed by atoms with Gasteiger partial charge in [-0.2, -0.15) is 0 Å². The Morgan fingerprint density at radius 1 is 1.50 bits per heavy atom. The minimum Gasteiger partial charge on any atom is -0.480 e. The van der Waals surface area contributed by atoms with Gasteiger partial charge in [-0.1, -0.05) is 11.6 Å². The molecule has 0 unspecified atom stereocenters. The Hall–Kier alpha value is -2.22. The minimum atomic E-state index is -1.50. The number of rotatable bonds is 4. The van der Waals surface area contributed by atoms with E-state index >= 15 is 0 Å². The summed E-state index contributed by atoms with van der Waals surface area (Å²) in [5, 5.41) is 19.5. The molecule has 1 amide bonds. The molecule has 0 atom stereocenters. The van der Waals surface area contributed by atoms with E-state index in [0.717, 1.165) is 17.2 Å². The van der Waals surface area contributed by atoms with Crippen molar-refractivity contribution in [3.63, 3.8) is 0 Å². The fraction of sp³-hybridized carbons (Fsp3) is 0.364. The molecule has 0 bridgehead atoms. The van der Waals surface area contributed by atoms with Gasteiger partial charge in [0.25, 0.3) is 11.6 Å². The van der Waals surface area contributed by atoms with Gasteiger partial charge in [0.1, 0.15) is 16.9 Å². The highest BCUT2D eigenvalue weighted by atomic mass is 35.5. The van der Waals surface area contributed by atoms with Crippen LogP contribution in [0.4, 0.5) is 5.69 Å². The van der Waals surface area contributed by atoms with Gasteiger partial charge in [-0.05, 0) is 13.8 Å². The fourth-order valence-electron chi connectivity index (χ4n) is 1.26. The van der Waals surface area contributed by atoms with Gasteiger partial charge in [0.2, 0.25) is 0 Å². The molecule has 1 heterocycles. The Labute approximate surface area is 119 Å². The molecule has 1 aromatic heterocycles. The smallest absolute Gasteiger partial charge is 0.329 e. The van der Waals surface area contributed by atoms with Gasteiger partial charge in [0.05, 0.1) is 10.5 Å². The van der Waals surface area contributed by atoms with Crippen LogP contribution in [0.25, 0.3) is 0 Å². The Bertz CT molecular complexity index is 587. The quantitative estimate of drug-likeness (QED) is 0.513. The number of pyridine rings is 1. The molecular weight excluding hydrogens is 290 g/mol. The van der Waals surface area contributed by atoms with Crippen molar-refractivity contribution >= 4 is 29.2 Å². The highest BCUT2D eigenvalue weighted by molar-refractivity contribution is 6.32. The van der Waals surface area contributed by atoms with Crippen molar-refractivity contribution in [2.24, 2.45) is 0 Å². The maximum atomic E-state index is 12.2. The second kappa shape index (κ2) is 5.41.